The number of phenols is 2. The molecule has 0 radical (unpaired) electrons. The summed E-state index contributed by atoms with van der Waals surface area (Å²) < 4.78 is 0. The third kappa shape index (κ3) is 2.85. The summed E-state index contributed by atoms with van der Waals surface area (Å²) in [6.07, 6.45) is 1.54. The van der Waals surface area contributed by atoms with Crippen LogP contribution in [0.3, 0.4) is 0 Å². The first-order valence-electron chi connectivity index (χ1n) is 5.81. The van der Waals surface area contributed by atoms with E-state index in [2.05, 4.69) is 11.8 Å². The molecule has 0 aliphatic heterocycles. The van der Waals surface area contributed by atoms with Crippen molar-refractivity contribution in [1.29, 1.82) is 0 Å². The highest BCUT2D eigenvalue weighted by Gasteiger charge is 2.07. The second-order valence-electron chi connectivity index (χ2n) is 3.97. The highest BCUT2D eigenvalue weighted by Crippen LogP contribution is 2.29. The predicted molar refractivity (Wildman–Crippen MR) is 74.1 cm³/mol. The maximum atomic E-state index is 9.84. The number of thiophene rings is 1. The van der Waals surface area contributed by atoms with Crippen molar-refractivity contribution in [1.82, 2.24) is 0 Å². The summed E-state index contributed by atoms with van der Waals surface area (Å²) in [5.41, 5.74) is 1.22. The van der Waals surface area contributed by atoms with E-state index in [-0.39, 0.29) is 11.5 Å². The summed E-state index contributed by atoms with van der Waals surface area (Å²) in [5, 5.41) is 21.6. The van der Waals surface area contributed by atoms with E-state index in [0.29, 0.717) is 17.5 Å². The van der Waals surface area contributed by atoms with Crippen LogP contribution in [0.25, 0.3) is 0 Å². The number of benzene rings is 1. The molecule has 0 saturated heterocycles. The lowest BCUT2D eigenvalue weighted by molar-refractivity contribution is 0.437. The van der Waals surface area contributed by atoms with Gasteiger partial charge in [0.05, 0.1) is 4.88 Å². The lowest BCUT2D eigenvalue weighted by Gasteiger charge is -2.06. The van der Waals surface area contributed by atoms with E-state index in [0.717, 1.165) is 11.3 Å². The van der Waals surface area contributed by atoms with Crippen molar-refractivity contribution in [2.24, 2.45) is 0 Å². The van der Waals surface area contributed by atoms with Crippen molar-refractivity contribution in [3.05, 3.63) is 45.6 Å². The molecule has 2 rings (SSSR count). The van der Waals surface area contributed by atoms with Crippen LogP contribution >= 0.6 is 11.3 Å². The minimum atomic E-state index is 0.118. The molecule has 1 aromatic heterocycles. The molecular weight excluding hydrogens is 244 g/mol. The Hall–Kier alpha value is -1.92. The molecular formula is C15H14O2S. The lowest BCUT2D eigenvalue weighted by atomic mass is 10.0. The number of rotatable bonds is 2. The topological polar surface area (TPSA) is 40.5 Å². The molecule has 2 nitrogen and oxygen atoms in total. The van der Waals surface area contributed by atoms with E-state index >= 15 is 0 Å². The Kier molecular flexibility index (Phi) is 3.91. The van der Waals surface area contributed by atoms with Crippen molar-refractivity contribution in [3.63, 3.8) is 0 Å². The van der Waals surface area contributed by atoms with Crippen LogP contribution in [0.1, 0.15) is 29.3 Å². The normalized spacial score (nSPS) is 9.83. The highest BCUT2D eigenvalue weighted by atomic mass is 32.1. The Morgan fingerprint density at radius 3 is 2.44 bits per heavy atom. The fraction of sp³-hybridized carbons (Fsp3) is 0.200. The zero-order chi connectivity index (χ0) is 13.0. The minimum absolute atomic E-state index is 0.118. The van der Waals surface area contributed by atoms with Crippen molar-refractivity contribution >= 4 is 11.3 Å². The molecule has 2 aromatic rings. The zero-order valence-electron chi connectivity index (χ0n) is 10.1. The van der Waals surface area contributed by atoms with Gasteiger partial charge < -0.3 is 10.2 Å². The van der Waals surface area contributed by atoms with E-state index in [1.54, 1.807) is 23.5 Å². The molecule has 0 spiro atoms. The van der Waals surface area contributed by atoms with Gasteiger partial charge in [0.25, 0.3) is 0 Å². The Balaban J connectivity index is 2.31. The van der Waals surface area contributed by atoms with Crippen LogP contribution < -0.4 is 0 Å². The molecule has 18 heavy (non-hydrogen) atoms. The van der Waals surface area contributed by atoms with Gasteiger partial charge in [-0.25, -0.2) is 0 Å². The van der Waals surface area contributed by atoms with Gasteiger partial charge in [-0.3, -0.25) is 0 Å². The highest BCUT2D eigenvalue weighted by molar-refractivity contribution is 7.10. The molecule has 3 heteroatoms. The molecule has 0 aliphatic rings. The molecule has 0 saturated carbocycles. The van der Waals surface area contributed by atoms with Crippen LogP contribution in [-0.4, -0.2) is 10.2 Å². The minimum Gasteiger partial charge on any atom is -0.507 e. The van der Waals surface area contributed by atoms with Crippen molar-refractivity contribution in [3.8, 4) is 23.3 Å². The van der Waals surface area contributed by atoms with Gasteiger partial charge >= 0.3 is 0 Å². The van der Waals surface area contributed by atoms with Gasteiger partial charge in [0.1, 0.15) is 11.5 Å². The summed E-state index contributed by atoms with van der Waals surface area (Å²) in [5.74, 6) is 6.17. The maximum absolute atomic E-state index is 9.84. The van der Waals surface area contributed by atoms with E-state index in [4.69, 9.17) is 0 Å². The SMILES string of the molecule is CCCc1c(O)cc(C#Cc2cccs2)cc1O. The standard InChI is InChI=1S/C15H14O2S/c1-2-4-13-14(16)9-11(10-15(13)17)6-7-12-5-3-8-18-12/h3,5,8-10,16-17H,2,4H2,1H3. The first-order valence-corrected chi connectivity index (χ1v) is 6.69. The van der Waals surface area contributed by atoms with Crippen LogP contribution in [0.4, 0.5) is 0 Å². The predicted octanol–water partition coefficient (Wildman–Crippen LogP) is 3.51. The van der Waals surface area contributed by atoms with E-state index in [1.807, 2.05) is 24.4 Å². The van der Waals surface area contributed by atoms with Gasteiger partial charge in [-0.05, 0) is 30.0 Å². The number of phenolic OH excluding ortho intramolecular Hbond substituents is 2. The van der Waals surface area contributed by atoms with Gasteiger partial charge in [0.15, 0.2) is 0 Å². The molecule has 1 aromatic carbocycles. The van der Waals surface area contributed by atoms with E-state index in [9.17, 15) is 10.2 Å². The molecule has 92 valence electrons. The van der Waals surface area contributed by atoms with Gasteiger partial charge in [-0.2, -0.15) is 0 Å². The average Bonchev–Trinajstić information content (AvgIpc) is 2.84. The maximum Gasteiger partial charge on any atom is 0.123 e. The van der Waals surface area contributed by atoms with Crippen LogP contribution in [0.2, 0.25) is 0 Å². The smallest absolute Gasteiger partial charge is 0.123 e. The summed E-state index contributed by atoms with van der Waals surface area (Å²) >= 11 is 1.56. The van der Waals surface area contributed by atoms with Gasteiger partial charge in [0, 0.05) is 11.1 Å². The summed E-state index contributed by atoms with van der Waals surface area (Å²) in [4.78, 5) is 0.964. The molecule has 0 amide bonds. The second kappa shape index (κ2) is 5.61. The molecule has 0 fully saturated rings. The quantitative estimate of drug-likeness (QED) is 0.809. The molecule has 0 unspecified atom stereocenters. The Labute approximate surface area is 111 Å². The largest absolute Gasteiger partial charge is 0.507 e. The molecule has 0 atom stereocenters. The third-order valence-corrected chi connectivity index (χ3v) is 3.34. The molecule has 2 N–H and O–H groups in total. The fourth-order valence-electron chi connectivity index (χ4n) is 1.70. The summed E-state index contributed by atoms with van der Waals surface area (Å²) in [6, 6.07) is 7.08. The van der Waals surface area contributed by atoms with Crippen molar-refractivity contribution in [2.45, 2.75) is 19.8 Å². The van der Waals surface area contributed by atoms with Crippen LogP contribution in [0, 0.1) is 11.8 Å². The van der Waals surface area contributed by atoms with Crippen molar-refractivity contribution < 1.29 is 10.2 Å². The number of hydrogen-bond donors (Lipinski definition) is 2. The van der Waals surface area contributed by atoms with E-state index in [1.165, 1.54) is 0 Å². The van der Waals surface area contributed by atoms with Gasteiger partial charge in [-0.15, -0.1) is 11.3 Å². The molecule has 0 bridgehead atoms. The Morgan fingerprint density at radius 2 is 1.89 bits per heavy atom. The summed E-state index contributed by atoms with van der Waals surface area (Å²) in [6.45, 7) is 2.00. The summed E-state index contributed by atoms with van der Waals surface area (Å²) in [7, 11) is 0. The van der Waals surface area contributed by atoms with Crippen LogP contribution in [0.5, 0.6) is 11.5 Å². The number of hydrogen-bond acceptors (Lipinski definition) is 3. The van der Waals surface area contributed by atoms with Crippen molar-refractivity contribution in [2.75, 3.05) is 0 Å². The van der Waals surface area contributed by atoms with Gasteiger partial charge in [0.2, 0.25) is 0 Å². The lowest BCUT2D eigenvalue weighted by Crippen LogP contribution is -1.87. The third-order valence-electron chi connectivity index (χ3n) is 2.55. The Morgan fingerprint density at radius 1 is 1.17 bits per heavy atom. The average molecular weight is 258 g/mol. The number of aromatic hydroxyl groups is 2. The molecule has 1 heterocycles. The fourth-order valence-corrected chi connectivity index (χ4v) is 2.27. The van der Waals surface area contributed by atoms with Crippen LogP contribution in [-0.2, 0) is 6.42 Å². The first kappa shape index (κ1) is 12.5. The second-order valence-corrected chi connectivity index (χ2v) is 4.92. The van der Waals surface area contributed by atoms with E-state index < -0.39 is 0 Å². The monoisotopic (exact) mass is 258 g/mol. The zero-order valence-corrected chi connectivity index (χ0v) is 10.9. The van der Waals surface area contributed by atoms with Crippen LogP contribution in [0.15, 0.2) is 29.6 Å². The van der Waals surface area contributed by atoms with Gasteiger partial charge in [-0.1, -0.05) is 31.3 Å². The molecule has 0 aliphatic carbocycles. The Bertz CT molecular complexity index is 566. The first-order chi connectivity index (χ1) is 8.70.